The molecule has 0 saturated heterocycles. The number of rotatable bonds is 8. The van der Waals surface area contributed by atoms with Gasteiger partial charge in [-0.3, -0.25) is 14.2 Å². The third-order valence-electron chi connectivity index (χ3n) is 5.88. The maximum absolute atomic E-state index is 14.2. The number of aromatic amines is 1. The predicted octanol–water partition coefficient (Wildman–Crippen LogP) is 1.56. The fourth-order valence-electron chi connectivity index (χ4n) is 3.82. The van der Waals surface area contributed by atoms with Crippen molar-refractivity contribution in [2.24, 2.45) is 0 Å². The number of H-pyrrole nitrogens is 1. The Morgan fingerprint density at radius 2 is 1.82 bits per heavy atom. The summed E-state index contributed by atoms with van der Waals surface area (Å²) in [5.74, 6) is -0.541. The van der Waals surface area contributed by atoms with Crippen LogP contribution in [0.25, 0.3) is 0 Å². The number of benzene rings is 2. The second-order valence-corrected chi connectivity index (χ2v) is 8.43. The molecule has 4 aromatic rings. The van der Waals surface area contributed by atoms with Gasteiger partial charge in [-0.25, -0.2) is 22.9 Å². The molecule has 11 nitrogen and oxygen atoms in total. The van der Waals surface area contributed by atoms with Crippen LogP contribution in [0.15, 0.2) is 63.0 Å². The van der Waals surface area contributed by atoms with Crippen LogP contribution in [0.3, 0.4) is 0 Å². The van der Waals surface area contributed by atoms with E-state index >= 15 is 0 Å². The number of hydrogen-bond donors (Lipinski definition) is 3. The Kier molecular flexibility index (Phi) is 7.90. The average Bonchev–Trinajstić information content (AvgIpc) is 2.95. The Balaban J connectivity index is 1.85. The molecule has 204 valence electrons. The van der Waals surface area contributed by atoms with Crippen LogP contribution in [0.1, 0.15) is 27.0 Å². The Morgan fingerprint density at radius 1 is 1.10 bits per heavy atom. The molecule has 0 fully saturated rings. The summed E-state index contributed by atoms with van der Waals surface area (Å²) in [6, 6.07) is 9.78. The molecule has 0 aliphatic rings. The van der Waals surface area contributed by atoms with Gasteiger partial charge < -0.3 is 20.4 Å². The number of nitrogens with one attached hydrogen (secondary N) is 3. The molecule has 0 saturated carbocycles. The molecule has 0 unspecified atom stereocenters. The first-order valence-corrected chi connectivity index (χ1v) is 11.7. The molecule has 2 aromatic heterocycles. The Bertz CT molecular complexity index is 1820. The fraction of sp³-hybridized carbons (Fsp3) is 0.148. The van der Waals surface area contributed by atoms with E-state index in [4.69, 9.17) is 11.2 Å². The van der Waals surface area contributed by atoms with Gasteiger partial charge in [0.25, 0.3) is 11.5 Å². The molecule has 0 radical (unpaired) electrons. The number of nitrogens with zero attached hydrogens (tertiary/aromatic N) is 3. The third-order valence-corrected chi connectivity index (χ3v) is 5.88. The number of hydrogen-bond acceptors (Lipinski definition) is 7. The zero-order valence-corrected chi connectivity index (χ0v) is 21.2. The average molecular weight is 549 g/mol. The van der Waals surface area contributed by atoms with Gasteiger partial charge in [-0.2, -0.15) is 4.98 Å². The normalized spacial score (nSPS) is 10.6. The highest BCUT2D eigenvalue weighted by Crippen LogP contribution is 2.20. The summed E-state index contributed by atoms with van der Waals surface area (Å²) in [6.07, 6.45) is 6.48. The number of methoxy groups -OCH3 is 1. The van der Waals surface area contributed by atoms with Crippen LogP contribution in [0, 0.1) is 24.0 Å². The fourth-order valence-corrected chi connectivity index (χ4v) is 3.82. The van der Waals surface area contributed by atoms with Crippen molar-refractivity contribution in [2.45, 2.75) is 13.1 Å². The number of carbonyl (C=O) groups is 1. The van der Waals surface area contributed by atoms with Gasteiger partial charge in [0, 0.05) is 24.5 Å². The van der Waals surface area contributed by atoms with Gasteiger partial charge in [-0.05, 0) is 48.0 Å². The topological polar surface area (TPSA) is 140 Å². The molecule has 0 aliphatic carbocycles. The molecule has 0 aliphatic heterocycles. The van der Waals surface area contributed by atoms with E-state index in [9.17, 15) is 28.0 Å². The number of anilines is 2. The van der Waals surface area contributed by atoms with Crippen molar-refractivity contribution in [1.82, 2.24) is 24.4 Å². The second-order valence-electron chi connectivity index (χ2n) is 8.43. The van der Waals surface area contributed by atoms with Crippen LogP contribution in [-0.2, 0) is 13.1 Å². The van der Waals surface area contributed by atoms with Gasteiger partial charge in [0.2, 0.25) is 5.95 Å². The number of aromatic nitrogens is 4. The molecule has 0 spiro atoms. The maximum atomic E-state index is 14.2. The first-order valence-electron chi connectivity index (χ1n) is 11.7. The van der Waals surface area contributed by atoms with E-state index in [-0.39, 0.29) is 34.7 Å². The lowest BCUT2D eigenvalue weighted by atomic mass is 10.1. The van der Waals surface area contributed by atoms with Crippen LogP contribution in [0.2, 0.25) is 0 Å². The Hall–Kier alpha value is -5.51. The highest BCUT2D eigenvalue weighted by atomic mass is 19.2. The minimum atomic E-state index is -1.22. The smallest absolute Gasteiger partial charge is 0.355 e. The lowest BCUT2D eigenvalue weighted by Crippen LogP contribution is -2.43. The van der Waals surface area contributed by atoms with Gasteiger partial charge in [0.1, 0.15) is 5.75 Å². The molecule has 1 amide bonds. The summed E-state index contributed by atoms with van der Waals surface area (Å²) >= 11 is 0. The van der Waals surface area contributed by atoms with Crippen molar-refractivity contribution in [3.8, 4) is 18.1 Å². The number of amides is 1. The van der Waals surface area contributed by atoms with Gasteiger partial charge in [-0.15, -0.1) is 6.42 Å². The molecule has 40 heavy (non-hydrogen) atoms. The lowest BCUT2D eigenvalue weighted by Gasteiger charge is -2.16. The quantitative estimate of drug-likeness (QED) is 0.284. The van der Waals surface area contributed by atoms with E-state index in [0.717, 1.165) is 10.6 Å². The van der Waals surface area contributed by atoms with E-state index in [2.05, 4.69) is 20.6 Å². The first-order chi connectivity index (χ1) is 19.1. The van der Waals surface area contributed by atoms with Crippen molar-refractivity contribution >= 4 is 17.5 Å². The molecule has 0 bridgehead atoms. The monoisotopic (exact) mass is 548 g/mol. The molecular formula is C27H22F2N6O5. The van der Waals surface area contributed by atoms with Crippen LogP contribution < -0.4 is 32.3 Å². The van der Waals surface area contributed by atoms with Crippen LogP contribution in [0.5, 0.6) is 5.75 Å². The number of carbonyl (C=O) groups excluding carboxylic acids is 1. The SMILES string of the molecule is C#Cc1cc(Cn2c(Nc3ccc(OC)cc3)nc(=O)n(Cc3cc(C(=O)NC)c[nH]c3=O)c2=O)cc(F)c1F. The van der Waals surface area contributed by atoms with Crippen molar-refractivity contribution in [2.75, 3.05) is 19.5 Å². The molecule has 2 aromatic carbocycles. The standard InChI is InChI=1S/C27H22F2N6O5/c1-4-16-9-15(10-21(28)22(16)29)13-34-25(32-19-5-7-20(40-3)8-6-19)33-26(38)35(27(34)39)14-18-11-17(23(36)30-2)12-31-24(18)37/h1,5-12H,13-14H2,2-3H3,(H,30,36)(H,31,37)(H,32,33,38). The first kappa shape index (κ1) is 27.5. The summed E-state index contributed by atoms with van der Waals surface area (Å²) in [4.78, 5) is 57.5. The van der Waals surface area contributed by atoms with Crippen molar-refractivity contribution in [1.29, 1.82) is 0 Å². The van der Waals surface area contributed by atoms with Crippen LogP contribution in [-0.4, -0.2) is 39.2 Å². The summed E-state index contributed by atoms with van der Waals surface area (Å²) in [5.41, 5.74) is -2.34. The van der Waals surface area contributed by atoms with Crippen molar-refractivity contribution in [3.63, 3.8) is 0 Å². The van der Waals surface area contributed by atoms with Gasteiger partial charge in [0.15, 0.2) is 11.6 Å². The zero-order chi connectivity index (χ0) is 29.0. The summed E-state index contributed by atoms with van der Waals surface area (Å²) in [5, 5.41) is 5.28. The van der Waals surface area contributed by atoms with E-state index < -0.39 is 41.0 Å². The van der Waals surface area contributed by atoms with Gasteiger partial charge in [-0.1, -0.05) is 5.92 Å². The Labute approximate surface area is 225 Å². The second kappa shape index (κ2) is 11.5. The van der Waals surface area contributed by atoms with E-state index in [1.165, 1.54) is 32.5 Å². The largest absolute Gasteiger partial charge is 0.497 e. The van der Waals surface area contributed by atoms with E-state index in [0.29, 0.717) is 16.0 Å². The number of ether oxygens (including phenoxy) is 1. The number of terminal acetylenes is 1. The molecule has 13 heteroatoms. The molecule has 0 atom stereocenters. The molecule has 2 heterocycles. The summed E-state index contributed by atoms with van der Waals surface area (Å²) in [7, 11) is 2.89. The minimum absolute atomic E-state index is 0.0630. The van der Waals surface area contributed by atoms with E-state index in [1.807, 2.05) is 5.92 Å². The third kappa shape index (κ3) is 5.65. The highest BCUT2D eigenvalue weighted by Gasteiger charge is 2.18. The lowest BCUT2D eigenvalue weighted by molar-refractivity contribution is 0.0962. The minimum Gasteiger partial charge on any atom is -0.497 e. The molecular weight excluding hydrogens is 526 g/mol. The number of pyridine rings is 1. The zero-order valence-electron chi connectivity index (χ0n) is 21.2. The highest BCUT2D eigenvalue weighted by molar-refractivity contribution is 5.93. The maximum Gasteiger partial charge on any atom is 0.355 e. The van der Waals surface area contributed by atoms with E-state index in [1.54, 1.807) is 24.3 Å². The van der Waals surface area contributed by atoms with Crippen LogP contribution >= 0.6 is 0 Å². The van der Waals surface area contributed by atoms with Gasteiger partial charge in [0.05, 0.1) is 31.3 Å². The summed E-state index contributed by atoms with van der Waals surface area (Å²) in [6.45, 7) is -0.897. The predicted molar refractivity (Wildman–Crippen MR) is 142 cm³/mol. The van der Waals surface area contributed by atoms with Crippen molar-refractivity contribution < 1.29 is 18.3 Å². The number of halogens is 2. The summed E-state index contributed by atoms with van der Waals surface area (Å²) < 4.78 is 35.1. The Morgan fingerprint density at radius 3 is 2.48 bits per heavy atom. The van der Waals surface area contributed by atoms with Gasteiger partial charge >= 0.3 is 11.4 Å². The molecule has 3 N–H and O–H groups in total. The van der Waals surface area contributed by atoms with Crippen LogP contribution in [0.4, 0.5) is 20.4 Å². The molecule has 4 rings (SSSR count). The van der Waals surface area contributed by atoms with Crippen molar-refractivity contribution in [3.05, 3.63) is 114 Å².